The van der Waals surface area contributed by atoms with Crippen LogP contribution in [0.1, 0.15) is 15.9 Å². The van der Waals surface area contributed by atoms with E-state index in [0.717, 1.165) is 10.9 Å². The number of aryl methyl sites for hydroxylation is 1. The topological polar surface area (TPSA) is 91.8 Å². The number of carboxylic acid groups (broad SMARTS) is 1. The van der Waals surface area contributed by atoms with Crippen LogP contribution in [0.25, 0.3) is 33.3 Å². The van der Waals surface area contributed by atoms with Crippen LogP contribution >= 0.6 is 22.6 Å². The van der Waals surface area contributed by atoms with Gasteiger partial charge >= 0.3 is 5.97 Å². The highest BCUT2D eigenvalue weighted by atomic mass is 127. The lowest BCUT2D eigenvalue weighted by Gasteiger charge is -2.14. The normalized spacial score (nSPS) is 10.8. The van der Waals surface area contributed by atoms with Gasteiger partial charge in [-0.25, -0.2) is 14.2 Å². The minimum absolute atomic E-state index is 0.0624. The number of hydrogen-bond acceptors (Lipinski definition) is 4. The molecule has 4 aromatic rings. The Labute approximate surface area is 178 Å². The van der Waals surface area contributed by atoms with E-state index in [0.29, 0.717) is 26.1 Å². The van der Waals surface area contributed by atoms with Gasteiger partial charge in [0, 0.05) is 23.6 Å². The van der Waals surface area contributed by atoms with Gasteiger partial charge in [-0.2, -0.15) is 10.4 Å². The van der Waals surface area contributed by atoms with Crippen molar-refractivity contribution >= 4 is 39.5 Å². The third kappa shape index (κ3) is 3.34. The fraction of sp³-hybridized carbons (Fsp3) is 0.0476. The number of carboxylic acids is 1. The van der Waals surface area contributed by atoms with Crippen molar-refractivity contribution < 1.29 is 14.3 Å². The maximum absolute atomic E-state index is 14.3. The Hall–Kier alpha value is -3.32. The Morgan fingerprint density at radius 2 is 1.97 bits per heavy atom. The summed E-state index contributed by atoms with van der Waals surface area (Å²) in [6.45, 7) is 0. The summed E-state index contributed by atoms with van der Waals surface area (Å²) in [6.07, 6.45) is 1.69. The van der Waals surface area contributed by atoms with Gasteiger partial charge in [0.25, 0.3) is 0 Å². The van der Waals surface area contributed by atoms with Crippen molar-refractivity contribution in [3.63, 3.8) is 0 Å². The van der Waals surface area contributed by atoms with Gasteiger partial charge in [0.2, 0.25) is 0 Å². The van der Waals surface area contributed by atoms with Gasteiger partial charge in [-0.1, -0.05) is 12.1 Å². The standard InChI is InChI=1S/C21H12FIN4O2/c1-27-17-5-4-11(6-14(17)10-25-27)19-15(21(28)29)8-18(23)26-20(19)12-2-3-13(9-24)16(22)7-12/h2-8,10H,1H3,(H,28,29). The molecule has 0 fully saturated rings. The lowest BCUT2D eigenvalue weighted by atomic mass is 9.93. The molecule has 0 aliphatic heterocycles. The quantitative estimate of drug-likeness (QED) is 0.329. The van der Waals surface area contributed by atoms with E-state index in [4.69, 9.17) is 5.26 Å². The van der Waals surface area contributed by atoms with Crippen LogP contribution in [0.5, 0.6) is 0 Å². The fourth-order valence-electron chi connectivity index (χ4n) is 3.26. The zero-order valence-corrected chi connectivity index (χ0v) is 17.2. The summed E-state index contributed by atoms with van der Waals surface area (Å²) < 4.78 is 16.4. The maximum Gasteiger partial charge on any atom is 0.336 e. The van der Waals surface area contributed by atoms with Gasteiger partial charge in [-0.05, 0) is 58.5 Å². The molecule has 0 aliphatic carbocycles. The van der Waals surface area contributed by atoms with Crippen molar-refractivity contribution in [3.8, 4) is 28.5 Å². The molecular weight excluding hydrogens is 486 g/mol. The first-order valence-corrected chi connectivity index (χ1v) is 9.53. The minimum Gasteiger partial charge on any atom is -0.478 e. The van der Waals surface area contributed by atoms with E-state index in [1.807, 2.05) is 41.8 Å². The number of aromatic nitrogens is 3. The molecule has 0 saturated carbocycles. The molecule has 2 heterocycles. The van der Waals surface area contributed by atoms with Crippen molar-refractivity contribution in [1.29, 1.82) is 5.26 Å². The second-order valence-corrected chi connectivity index (χ2v) is 7.47. The predicted molar refractivity (Wildman–Crippen MR) is 114 cm³/mol. The molecule has 142 valence electrons. The number of nitriles is 1. The van der Waals surface area contributed by atoms with Gasteiger partial charge < -0.3 is 5.11 Å². The van der Waals surface area contributed by atoms with Gasteiger partial charge in [0.05, 0.1) is 28.5 Å². The lowest BCUT2D eigenvalue weighted by Crippen LogP contribution is -2.05. The van der Waals surface area contributed by atoms with Gasteiger partial charge in [0.15, 0.2) is 0 Å². The second-order valence-electron chi connectivity index (χ2n) is 6.37. The summed E-state index contributed by atoms with van der Waals surface area (Å²) in [4.78, 5) is 16.5. The average Bonchev–Trinajstić information content (AvgIpc) is 3.07. The van der Waals surface area contributed by atoms with Crippen LogP contribution in [-0.2, 0) is 7.05 Å². The molecule has 0 unspecified atom stereocenters. The highest BCUT2D eigenvalue weighted by Gasteiger charge is 2.21. The van der Waals surface area contributed by atoms with Crippen LogP contribution in [0.3, 0.4) is 0 Å². The Balaban J connectivity index is 2.04. The predicted octanol–water partition coefficient (Wildman–Crippen LogP) is 4.62. The van der Waals surface area contributed by atoms with E-state index in [2.05, 4.69) is 10.1 Å². The first-order valence-electron chi connectivity index (χ1n) is 8.45. The number of halogens is 2. The minimum atomic E-state index is -1.11. The molecule has 0 aliphatic rings. The van der Waals surface area contributed by atoms with Gasteiger partial charge in [-0.15, -0.1) is 0 Å². The molecule has 29 heavy (non-hydrogen) atoms. The number of rotatable bonds is 3. The molecule has 2 aromatic heterocycles. The molecule has 6 nitrogen and oxygen atoms in total. The summed E-state index contributed by atoms with van der Waals surface area (Å²) in [5, 5.41) is 23.9. The van der Waals surface area contributed by atoms with Crippen molar-refractivity contribution in [2.75, 3.05) is 0 Å². The van der Waals surface area contributed by atoms with E-state index in [9.17, 15) is 14.3 Å². The van der Waals surface area contributed by atoms with E-state index in [1.54, 1.807) is 29.1 Å². The first-order chi connectivity index (χ1) is 13.9. The smallest absolute Gasteiger partial charge is 0.336 e. The monoisotopic (exact) mass is 498 g/mol. The highest BCUT2D eigenvalue weighted by molar-refractivity contribution is 14.1. The third-order valence-electron chi connectivity index (χ3n) is 4.62. The zero-order chi connectivity index (χ0) is 20.7. The van der Waals surface area contributed by atoms with E-state index in [1.165, 1.54) is 18.2 Å². The average molecular weight is 498 g/mol. The van der Waals surface area contributed by atoms with Gasteiger partial charge in [-0.3, -0.25) is 4.68 Å². The molecule has 0 atom stereocenters. The first kappa shape index (κ1) is 19.0. The van der Waals surface area contributed by atoms with Crippen LogP contribution in [0.2, 0.25) is 0 Å². The van der Waals surface area contributed by atoms with Crippen LogP contribution in [0, 0.1) is 20.8 Å². The molecule has 8 heteroatoms. The number of benzene rings is 2. The molecule has 0 saturated heterocycles. The van der Waals surface area contributed by atoms with Crippen molar-refractivity contribution in [2.24, 2.45) is 7.05 Å². The van der Waals surface area contributed by atoms with Crippen LogP contribution in [-0.4, -0.2) is 25.8 Å². The van der Waals surface area contributed by atoms with Crippen molar-refractivity contribution in [2.45, 2.75) is 0 Å². The van der Waals surface area contributed by atoms with Crippen LogP contribution < -0.4 is 0 Å². The Morgan fingerprint density at radius 1 is 1.21 bits per heavy atom. The molecule has 2 aromatic carbocycles. The van der Waals surface area contributed by atoms with Crippen LogP contribution in [0.15, 0.2) is 48.7 Å². The molecule has 0 bridgehead atoms. The van der Waals surface area contributed by atoms with E-state index < -0.39 is 11.8 Å². The summed E-state index contributed by atoms with van der Waals surface area (Å²) in [6, 6.07) is 12.9. The van der Waals surface area contributed by atoms with E-state index >= 15 is 0 Å². The lowest BCUT2D eigenvalue weighted by molar-refractivity contribution is 0.0697. The third-order valence-corrected chi connectivity index (χ3v) is 5.17. The molecule has 1 N–H and O–H groups in total. The van der Waals surface area contributed by atoms with Crippen LogP contribution in [0.4, 0.5) is 4.39 Å². The number of nitrogens with zero attached hydrogens (tertiary/aromatic N) is 4. The Morgan fingerprint density at radius 3 is 2.66 bits per heavy atom. The number of aromatic carboxylic acids is 1. The summed E-state index contributed by atoms with van der Waals surface area (Å²) in [7, 11) is 1.82. The summed E-state index contributed by atoms with van der Waals surface area (Å²) in [5.74, 6) is -1.79. The van der Waals surface area contributed by atoms with E-state index in [-0.39, 0.29) is 11.1 Å². The molecule has 0 radical (unpaired) electrons. The molecule has 4 rings (SSSR count). The Bertz CT molecular complexity index is 1340. The highest BCUT2D eigenvalue weighted by Crippen LogP contribution is 2.36. The van der Waals surface area contributed by atoms with Gasteiger partial charge in [0.1, 0.15) is 15.6 Å². The second kappa shape index (κ2) is 7.25. The summed E-state index contributed by atoms with van der Waals surface area (Å²) in [5.41, 5.74) is 2.61. The molecular formula is C21H12FIN4O2. The Kier molecular flexibility index (Phi) is 4.76. The number of hydrogen-bond donors (Lipinski definition) is 1. The molecule has 0 amide bonds. The fourth-order valence-corrected chi connectivity index (χ4v) is 3.81. The molecule has 0 spiro atoms. The number of fused-ring (bicyclic) bond motifs is 1. The maximum atomic E-state index is 14.3. The SMILES string of the molecule is Cn1ncc2cc(-c3c(C(=O)O)cc(I)nc3-c3ccc(C#N)c(F)c3)ccc21. The number of pyridine rings is 1. The summed E-state index contributed by atoms with van der Waals surface area (Å²) >= 11 is 1.93. The number of carbonyl (C=O) groups is 1. The van der Waals surface area contributed by atoms with Crippen molar-refractivity contribution in [1.82, 2.24) is 14.8 Å². The zero-order valence-electron chi connectivity index (χ0n) is 15.0. The largest absolute Gasteiger partial charge is 0.478 e. The van der Waals surface area contributed by atoms with Crippen molar-refractivity contribution in [3.05, 3.63) is 69.3 Å².